The van der Waals surface area contributed by atoms with Crippen LogP contribution in [-0.2, 0) is 6.18 Å². The molecule has 0 bridgehead atoms. The van der Waals surface area contributed by atoms with Crippen LogP contribution in [0.4, 0.5) is 19.0 Å². The largest absolute Gasteiger partial charge is 0.417 e. The molecule has 0 aliphatic rings. The number of nitrogens with zero attached hydrogens (tertiary/aromatic N) is 1. The third-order valence-electron chi connectivity index (χ3n) is 2.57. The fraction of sp³-hybridized carbons (Fsp3) is 0.182. The first-order valence-electron chi connectivity index (χ1n) is 4.98. The van der Waals surface area contributed by atoms with E-state index in [0.717, 1.165) is 6.07 Å². The fourth-order valence-corrected chi connectivity index (χ4v) is 1.93. The highest BCUT2D eigenvalue weighted by molar-refractivity contribution is 6.35. The van der Waals surface area contributed by atoms with Crippen molar-refractivity contribution in [3.63, 3.8) is 0 Å². The lowest BCUT2D eigenvalue weighted by Crippen LogP contribution is -2.11. The molecule has 1 aromatic heterocycles. The first kappa shape index (κ1) is 12.9. The van der Waals surface area contributed by atoms with Crippen molar-refractivity contribution in [2.45, 2.75) is 13.1 Å². The van der Waals surface area contributed by atoms with Crippen LogP contribution in [0, 0.1) is 6.92 Å². The predicted octanol–water partition coefficient (Wildman–Crippen LogP) is 3.50. The van der Waals surface area contributed by atoms with Crippen molar-refractivity contribution in [3.8, 4) is 0 Å². The summed E-state index contributed by atoms with van der Waals surface area (Å²) in [6.07, 6.45) is -4.45. The molecule has 3 N–H and O–H groups in total. The highest BCUT2D eigenvalue weighted by Crippen LogP contribution is 2.37. The molecule has 3 nitrogen and oxygen atoms in total. The second kappa shape index (κ2) is 4.29. The molecule has 1 heterocycles. The molecule has 2 aromatic rings. The van der Waals surface area contributed by atoms with Gasteiger partial charge in [0.15, 0.2) is 0 Å². The average Bonchev–Trinajstić information content (AvgIpc) is 2.27. The summed E-state index contributed by atoms with van der Waals surface area (Å²) in [7, 11) is 0. The van der Waals surface area contributed by atoms with Crippen molar-refractivity contribution >= 4 is 28.3 Å². The van der Waals surface area contributed by atoms with Crippen molar-refractivity contribution in [2.75, 3.05) is 5.43 Å². The molecule has 7 heteroatoms. The molecule has 0 spiro atoms. The second-order valence-corrected chi connectivity index (χ2v) is 4.19. The number of anilines is 1. The Bertz CT molecular complexity index is 610. The zero-order chi connectivity index (χ0) is 13.5. The van der Waals surface area contributed by atoms with E-state index in [9.17, 15) is 13.2 Å². The topological polar surface area (TPSA) is 50.9 Å². The van der Waals surface area contributed by atoms with Gasteiger partial charge in [-0.2, -0.15) is 13.2 Å². The van der Waals surface area contributed by atoms with Crippen LogP contribution in [0.1, 0.15) is 11.1 Å². The predicted molar refractivity (Wildman–Crippen MR) is 64.3 cm³/mol. The minimum atomic E-state index is -4.45. The summed E-state index contributed by atoms with van der Waals surface area (Å²) in [5.74, 6) is 5.53. The Morgan fingerprint density at radius 3 is 2.56 bits per heavy atom. The summed E-state index contributed by atoms with van der Waals surface area (Å²) in [6.45, 7) is 1.61. The van der Waals surface area contributed by atoms with Crippen LogP contribution in [0.5, 0.6) is 0 Å². The van der Waals surface area contributed by atoms with Gasteiger partial charge >= 0.3 is 6.18 Å². The molecule has 0 fully saturated rings. The van der Waals surface area contributed by atoms with Gasteiger partial charge in [-0.05, 0) is 30.7 Å². The normalized spacial score (nSPS) is 11.9. The molecule has 2 rings (SSSR count). The van der Waals surface area contributed by atoms with Gasteiger partial charge in [0.25, 0.3) is 0 Å². The number of benzene rings is 1. The van der Waals surface area contributed by atoms with Crippen molar-refractivity contribution in [1.82, 2.24) is 4.98 Å². The van der Waals surface area contributed by atoms with Gasteiger partial charge in [-0.25, -0.2) is 10.8 Å². The number of rotatable bonds is 1. The number of hydrogen-bond donors (Lipinski definition) is 2. The summed E-state index contributed by atoms with van der Waals surface area (Å²) in [4.78, 5) is 4.00. The molecule has 0 saturated heterocycles. The Morgan fingerprint density at radius 2 is 2.00 bits per heavy atom. The van der Waals surface area contributed by atoms with Gasteiger partial charge in [-0.15, -0.1) is 0 Å². The number of aryl methyl sites for hydroxylation is 1. The van der Waals surface area contributed by atoms with Crippen LogP contribution < -0.4 is 11.3 Å². The summed E-state index contributed by atoms with van der Waals surface area (Å²) in [5, 5.41) is 0.112. The molecule has 0 amide bonds. The fourth-order valence-electron chi connectivity index (χ4n) is 1.72. The molecule has 0 radical (unpaired) electrons. The molecule has 0 aliphatic carbocycles. The van der Waals surface area contributed by atoms with E-state index >= 15 is 0 Å². The molecule has 1 aromatic carbocycles. The Labute approximate surface area is 106 Å². The molecule has 0 aliphatic heterocycles. The van der Waals surface area contributed by atoms with E-state index in [1.807, 2.05) is 0 Å². The number of fused-ring (bicyclic) bond motifs is 1. The van der Waals surface area contributed by atoms with E-state index in [0.29, 0.717) is 11.4 Å². The van der Waals surface area contributed by atoms with Gasteiger partial charge < -0.3 is 5.43 Å². The van der Waals surface area contributed by atoms with Gasteiger partial charge in [-0.1, -0.05) is 11.6 Å². The quantitative estimate of drug-likeness (QED) is 0.619. The number of nitrogen functional groups attached to an aromatic ring is 1. The van der Waals surface area contributed by atoms with Gasteiger partial charge in [-0.3, -0.25) is 0 Å². The lowest BCUT2D eigenvalue weighted by molar-refractivity contribution is -0.136. The summed E-state index contributed by atoms with van der Waals surface area (Å²) < 4.78 is 38.6. The van der Waals surface area contributed by atoms with Crippen molar-refractivity contribution in [1.29, 1.82) is 0 Å². The van der Waals surface area contributed by atoms with E-state index in [-0.39, 0.29) is 15.9 Å². The smallest absolute Gasteiger partial charge is 0.308 e. The van der Waals surface area contributed by atoms with Crippen molar-refractivity contribution in [3.05, 3.63) is 34.3 Å². The maximum Gasteiger partial charge on any atom is 0.417 e. The standard InChI is InChI=1S/C11H9ClF3N3/c1-5-4-6-7(11(13,14)15)2-3-8(12)9(6)17-10(5)18-16/h2-4H,16H2,1H3,(H,17,18). The Balaban J connectivity index is 2.86. The number of pyridine rings is 1. The highest BCUT2D eigenvalue weighted by atomic mass is 35.5. The molecule has 0 unspecified atom stereocenters. The SMILES string of the molecule is Cc1cc2c(C(F)(F)F)ccc(Cl)c2nc1NN. The van der Waals surface area contributed by atoms with Crippen LogP contribution in [0.2, 0.25) is 5.02 Å². The summed E-state index contributed by atoms with van der Waals surface area (Å²) in [6, 6.07) is 3.49. The van der Waals surface area contributed by atoms with Gasteiger partial charge in [0, 0.05) is 5.39 Å². The average molecular weight is 276 g/mol. The van der Waals surface area contributed by atoms with Crippen LogP contribution in [-0.4, -0.2) is 4.98 Å². The number of nitrogens with one attached hydrogen (secondary N) is 1. The number of alkyl halides is 3. The van der Waals surface area contributed by atoms with E-state index in [1.165, 1.54) is 12.1 Å². The maximum absolute atomic E-state index is 12.9. The lowest BCUT2D eigenvalue weighted by atomic mass is 10.1. The molecule has 0 atom stereocenters. The Kier molecular flexibility index (Phi) is 3.08. The third kappa shape index (κ3) is 2.09. The minimum Gasteiger partial charge on any atom is -0.308 e. The molecule has 0 saturated carbocycles. The molecule has 96 valence electrons. The second-order valence-electron chi connectivity index (χ2n) is 3.79. The third-order valence-corrected chi connectivity index (χ3v) is 2.87. The first-order valence-corrected chi connectivity index (χ1v) is 5.36. The first-order chi connectivity index (χ1) is 8.34. The Hall–Kier alpha value is -1.53. The van der Waals surface area contributed by atoms with Gasteiger partial charge in [0.05, 0.1) is 16.1 Å². The number of aromatic nitrogens is 1. The monoisotopic (exact) mass is 275 g/mol. The van der Waals surface area contributed by atoms with Crippen LogP contribution in [0.25, 0.3) is 10.9 Å². The maximum atomic E-state index is 12.9. The van der Waals surface area contributed by atoms with Crippen molar-refractivity contribution in [2.24, 2.45) is 5.84 Å². The lowest BCUT2D eigenvalue weighted by Gasteiger charge is -2.13. The van der Waals surface area contributed by atoms with E-state index in [2.05, 4.69) is 10.4 Å². The van der Waals surface area contributed by atoms with Crippen molar-refractivity contribution < 1.29 is 13.2 Å². The molecular formula is C11H9ClF3N3. The number of hydrogen-bond acceptors (Lipinski definition) is 3. The van der Waals surface area contributed by atoms with Gasteiger partial charge in [0.2, 0.25) is 0 Å². The number of halogens is 4. The van der Waals surface area contributed by atoms with Crippen LogP contribution in [0.3, 0.4) is 0 Å². The van der Waals surface area contributed by atoms with Crippen LogP contribution >= 0.6 is 11.6 Å². The van der Waals surface area contributed by atoms with Crippen LogP contribution in [0.15, 0.2) is 18.2 Å². The molecular weight excluding hydrogens is 267 g/mol. The zero-order valence-corrected chi connectivity index (χ0v) is 10.0. The number of hydrazine groups is 1. The zero-order valence-electron chi connectivity index (χ0n) is 9.27. The van der Waals surface area contributed by atoms with E-state index < -0.39 is 11.7 Å². The van der Waals surface area contributed by atoms with E-state index in [4.69, 9.17) is 17.4 Å². The molecule has 18 heavy (non-hydrogen) atoms. The number of nitrogens with two attached hydrogens (primary N) is 1. The minimum absolute atomic E-state index is 0.0356. The summed E-state index contributed by atoms with van der Waals surface area (Å²) >= 11 is 5.86. The highest BCUT2D eigenvalue weighted by Gasteiger charge is 2.33. The summed E-state index contributed by atoms with van der Waals surface area (Å²) in [5.41, 5.74) is 2.14. The Morgan fingerprint density at radius 1 is 1.33 bits per heavy atom. The van der Waals surface area contributed by atoms with Gasteiger partial charge in [0.1, 0.15) is 5.82 Å². The van der Waals surface area contributed by atoms with E-state index in [1.54, 1.807) is 6.92 Å².